The summed E-state index contributed by atoms with van der Waals surface area (Å²) in [6, 6.07) is 14.1. The van der Waals surface area contributed by atoms with Crippen molar-refractivity contribution in [3.8, 4) is 17.1 Å². The second kappa shape index (κ2) is 7.71. The molecule has 0 aliphatic carbocycles. The number of nitrogens with zero attached hydrogens (tertiary/aromatic N) is 2. The molecule has 3 rings (SSSR count). The van der Waals surface area contributed by atoms with Crippen molar-refractivity contribution >= 4 is 29.4 Å². The Morgan fingerprint density at radius 3 is 2.74 bits per heavy atom. The molecule has 0 saturated heterocycles. The lowest BCUT2D eigenvalue weighted by Crippen LogP contribution is -2.17. The minimum atomic E-state index is -0.797. The fourth-order valence-corrected chi connectivity index (χ4v) is 2.49. The number of para-hydroxylation sites is 1. The molecule has 0 aliphatic rings. The summed E-state index contributed by atoms with van der Waals surface area (Å²) in [4.78, 5) is 22.1. The second-order valence-electron chi connectivity index (χ2n) is 5.34. The Labute approximate surface area is 157 Å². The fourth-order valence-electron chi connectivity index (χ4n) is 2.30. The maximum atomic E-state index is 12.0. The van der Waals surface area contributed by atoms with Gasteiger partial charge in [-0.3, -0.25) is 14.9 Å². The van der Waals surface area contributed by atoms with E-state index in [9.17, 15) is 20.0 Å². The number of amides is 1. The molecule has 0 fully saturated rings. The Kier molecular flexibility index (Phi) is 5.18. The molecule has 0 unspecified atom stereocenters. The predicted molar refractivity (Wildman–Crippen MR) is 99.0 cm³/mol. The molecule has 8 nitrogen and oxygen atoms in total. The van der Waals surface area contributed by atoms with Crippen LogP contribution in [0.1, 0.15) is 16.1 Å². The van der Waals surface area contributed by atoms with Gasteiger partial charge in [0.05, 0.1) is 16.7 Å². The van der Waals surface area contributed by atoms with Crippen LogP contribution in [0.4, 0.5) is 5.69 Å². The Morgan fingerprint density at radius 2 is 2.00 bits per heavy atom. The van der Waals surface area contributed by atoms with Crippen LogP contribution < -0.4 is 5.43 Å². The number of halogens is 1. The number of furan rings is 1. The Balaban J connectivity index is 1.70. The molecule has 0 atom stereocenters. The van der Waals surface area contributed by atoms with Crippen molar-refractivity contribution in [1.82, 2.24) is 5.43 Å². The van der Waals surface area contributed by atoms with Gasteiger partial charge >= 0.3 is 5.69 Å². The lowest BCUT2D eigenvalue weighted by atomic mass is 10.1. The van der Waals surface area contributed by atoms with E-state index in [1.165, 1.54) is 18.3 Å². The third-order valence-electron chi connectivity index (χ3n) is 3.55. The zero-order valence-corrected chi connectivity index (χ0v) is 14.4. The Hall–Kier alpha value is -3.65. The first kappa shape index (κ1) is 18.2. The van der Waals surface area contributed by atoms with E-state index in [1.807, 2.05) is 6.07 Å². The van der Waals surface area contributed by atoms with Gasteiger partial charge in [0.1, 0.15) is 11.5 Å². The van der Waals surface area contributed by atoms with E-state index in [4.69, 9.17) is 16.0 Å². The maximum absolute atomic E-state index is 12.0. The van der Waals surface area contributed by atoms with Crippen LogP contribution in [0.15, 0.2) is 64.1 Å². The van der Waals surface area contributed by atoms with Crippen LogP contribution in [0.5, 0.6) is 5.75 Å². The molecule has 0 bridgehead atoms. The average Bonchev–Trinajstić information content (AvgIpc) is 3.10. The number of nitro benzene ring substituents is 1. The number of nitrogens with one attached hydrogen (secondary N) is 1. The number of aromatic hydroxyl groups is 1. The minimum absolute atomic E-state index is 0.264. The number of nitro groups is 1. The molecule has 3 aromatic rings. The van der Waals surface area contributed by atoms with Gasteiger partial charge in [-0.15, -0.1) is 0 Å². The van der Waals surface area contributed by atoms with E-state index in [1.54, 1.807) is 30.3 Å². The van der Waals surface area contributed by atoms with E-state index in [2.05, 4.69) is 10.5 Å². The van der Waals surface area contributed by atoms with E-state index in [0.717, 1.165) is 11.6 Å². The Morgan fingerprint density at radius 1 is 1.22 bits per heavy atom. The Bertz CT molecular complexity index is 1040. The molecule has 0 radical (unpaired) electrons. The van der Waals surface area contributed by atoms with E-state index >= 15 is 0 Å². The summed E-state index contributed by atoms with van der Waals surface area (Å²) in [6.45, 7) is 0. The van der Waals surface area contributed by atoms with Gasteiger partial charge in [-0.25, -0.2) is 5.43 Å². The van der Waals surface area contributed by atoms with Crippen LogP contribution in [-0.4, -0.2) is 22.2 Å². The normalized spacial score (nSPS) is 10.9. The van der Waals surface area contributed by atoms with Crippen LogP contribution in [0.25, 0.3) is 11.3 Å². The number of benzene rings is 2. The van der Waals surface area contributed by atoms with Crippen molar-refractivity contribution in [1.29, 1.82) is 0 Å². The molecule has 1 heterocycles. The van der Waals surface area contributed by atoms with Gasteiger partial charge in [-0.1, -0.05) is 29.8 Å². The zero-order chi connectivity index (χ0) is 19.4. The summed E-state index contributed by atoms with van der Waals surface area (Å²) in [5.41, 5.74) is 2.13. The number of carbonyl (C=O) groups is 1. The van der Waals surface area contributed by atoms with Crippen molar-refractivity contribution in [2.75, 3.05) is 0 Å². The molecule has 27 heavy (non-hydrogen) atoms. The fraction of sp³-hybridized carbons (Fsp3) is 0. The average molecular weight is 386 g/mol. The largest absolute Gasteiger partial charge is 0.502 e. The summed E-state index contributed by atoms with van der Waals surface area (Å²) in [6.07, 6.45) is 1.26. The molecule has 0 spiro atoms. The van der Waals surface area contributed by atoms with Gasteiger partial charge in [-0.2, -0.15) is 5.10 Å². The van der Waals surface area contributed by atoms with E-state index in [-0.39, 0.29) is 5.56 Å². The van der Waals surface area contributed by atoms with Crippen LogP contribution >= 0.6 is 11.6 Å². The summed E-state index contributed by atoms with van der Waals surface area (Å²) in [5, 5.41) is 24.9. The first-order chi connectivity index (χ1) is 13.0. The lowest BCUT2D eigenvalue weighted by Gasteiger charge is -2.02. The van der Waals surface area contributed by atoms with Crippen molar-refractivity contribution in [3.05, 3.63) is 81.1 Å². The van der Waals surface area contributed by atoms with E-state index in [0.29, 0.717) is 16.5 Å². The highest BCUT2D eigenvalue weighted by Gasteiger charge is 2.20. The molecule has 1 aromatic heterocycles. The van der Waals surface area contributed by atoms with Crippen molar-refractivity contribution < 1.29 is 19.2 Å². The predicted octanol–water partition coefficient (Wildman–Crippen LogP) is 3.98. The molecule has 9 heteroatoms. The van der Waals surface area contributed by atoms with E-state index < -0.39 is 22.3 Å². The third-order valence-corrected chi connectivity index (χ3v) is 3.78. The standard InChI is InChI=1S/C18H12ClN3O5/c19-12-4-1-3-11(9-12)16-8-7-13(27-16)10-20-21-18(24)14-5-2-6-15(17(14)23)22(25)26/h1-10,23H,(H,21,24)/b20-10-. The summed E-state index contributed by atoms with van der Waals surface area (Å²) < 4.78 is 5.59. The van der Waals surface area contributed by atoms with Crippen LogP contribution in [0.3, 0.4) is 0 Å². The number of rotatable bonds is 5. The molecule has 0 aliphatic heterocycles. The summed E-state index contributed by atoms with van der Waals surface area (Å²) in [7, 11) is 0. The van der Waals surface area contributed by atoms with Crippen molar-refractivity contribution in [2.45, 2.75) is 0 Å². The smallest absolute Gasteiger partial charge is 0.311 e. The number of hydrazone groups is 1. The number of phenols is 1. The van der Waals surface area contributed by atoms with Crippen LogP contribution in [0, 0.1) is 10.1 Å². The second-order valence-corrected chi connectivity index (χ2v) is 5.78. The number of phenolic OH excluding ortho intramolecular Hbond substituents is 1. The highest BCUT2D eigenvalue weighted by molar-refractivity contribution is 6.30. The van der Waals surface area contributed by atoms with Crippen LogP contribution in [-0.2, 0) is 0 Å². The summed E-state index contributed by atoms with van der Waals surface area (Å²) in [5.74, 6) is -0.583. The number of hydrogen-bond acceptors (Lipinski definition) is 6. The summed E-state index contributed by atoms with van der Waals surface area (Å²) >= 11 is 5.94. The molecular weight excluding hydrogens is 374 g/mol. The van der Waals surface area contributed by atoms with Gasteiger partial charge in [0.25, 0.3) is 5.91 Å². The minimum Gasteiger partial charge on any atom is -0.502 e. The number of carbonyl (C=O) groups excluding carboxylic acids is 1. The van der Waals surface area contributed by atoms with Gasteiger partial charge in [0, 0.05) is 16.7 Å². The third kappa shape index (κ3) is 4.13. The molecular formula is C18H12ClN3O5. The van der Waals surface area contributed by atoms with Crippen LogP contribution in [0.2, 0.25) is 5.02 Å². The quantitative estimate of drug-likeness (QED) is 0.391. The SMILES string of the molecule is O=C(N/N=C\c1ccc(-c2cccc(Cl)c2)o1)c1cccc([N+](=O)[O-])c1O. The number of hydrogen-bond donors (Lipinski definition) is 2. The highest BCUT2D eigenvalue weighted by atomic mass is 35.5. The molecule has 2 N–H and O–H groups in total. The molecule has 1 amide bonds. The topological polar surface area (TPSA) is 118 Å². The first-order valence-corrected chi connectivity index (χ1v) is 7.99. The monoisotopic (exact) mass is 385 g/mol. The van der Waals surface area contributed by atoms with Gasteiger partial charge in [-0.05, 0) is 30.3 Å². The maximum Gasteiger partial charge on any atom is 0.311 e. The lowest BCUT2D eigenvalue weighted by molar-refractivity contribution is -0.385. The molecule has 2 aromatic carbocycles. The zero-order valence-electron chi connectivity index (χ0n) is 13.6. The highest BCUT2D eigenvalue weighted by Crippen LogP contribution is 2.29. The van der Waals surface area contributed by atoms with Gasteiger partial charge in [0.15, 0.2) is 0 Å². The molecule has 0 saturated carbocycles. The molecule has 136 valence electrons. The van der Waals surface area contributed by atoms with Gasteiger partial charge < -0.3 is 9.52 Å². The van der Waals surface area contributed by atoms with Gasteiger partial charge in [0.2, 0.25) is 5.75 Å². The van der Waals surface area contributed by atoms with Crippen molar-refractivity contribution in [2.24, 2.45) is 5.10 Å². The van der Waals surface area contributed by atoms with Crippen molar-refractivity contribution in [3.63, 3.8) is 0 Å². The first-order valence-electron chi connectivity index (χ1n) is 7.61.